The maximum atomic E-state index is 10.4. The standard InChI is InChI=1S/C7H6INO2/c1-11-7-2-5(8)3-9-6(7)4-10/h2-4H,1H3. The van der Waals surface area contributed by atoms with E-state index in [0.29, 0.717) is 17.7 Å². The van der Waals surface area contributed by atoms with Crippen molar-refractivity contribution in [3.63, 3.8) is 0 Å². The van der Waals surface area contributed by atoms with Gasteiger partial charge in [0.1, 0.15) is 11.4 Å². The first-order chi connectivity index (χ1) is 5.27. The van der Waals surface area contributed by atoms with Crippen LogP contribution in [0.15, 0.2) is 12.3 Å². The maximum Gasteiger partial charge on any atom is 0.172 e. The summed E-state index contributed by atoms with van der Waals surface area (Å²) in [6, 6.07) is 1.76. The molecule has 0 fully saturated rings. The monoisotopic (exact) mass is 263 g/mol. The van der Waals surface area contributed by atoms with Crippen LogP contribution in [0, 0.1) is 3.57 Å². The van der Waals surface area contributed by atoms with Crippen LogP contribution in [0.25, 0.3) is 0 Å². The number of aldehydes is 1. The molecule has 0 aliphatic heterocycles. The number of hydrogen-bond acceptors (Lipinski definition) is 3. The van der Waals surface area contributed by atoms with E-state index in [1.165, 1.54) is 7.11 Å². The number of rotatable bonds is 2. The van der Waals surface area contributed by atoms with Gasteiger partial charge in [-0.3, -0.25) is 4.79 Å². The van der Waals surface area contributed by atoms with Crippen LogP contribution in [0.2, 0.25) is 0 Å². The van der Waals surface area contributed by atoms with E-state index in [-0.39, 0.29) is 0 Å². The number of ether oxygens (including phenoxy) is 1. The quantitative estimate of drug-likeness (QED) is 0.599. The molecule has 11 heavy (non-hydrogen) atoms. The number of nitrogens with zero attached hydrogens (tertiary/aromatic N) is 1. The lowest BCUT2D eigenvalue weighted by Crippen LogP contribution is -1.94. The van der Waals surface area contributed by atoms with Gasteiger partial charge in [-0.1, -0.05) is 0 Å². The van der Waals surface area contributed by atoms with Crippen LogP contribution in [-0.2, 0) is 0 Å². The molecule has 0 bridgehead atoms. The molecule has 0 atom stereocenters. The molecular formula is C7H6INO2. The third-order valence-corrected chi connectivity index (χ3v) is 1.77. The summed E-state index contributed by atoms with van der Waals surface area (Å²) >= 11 is 2.10. The van der Waals surface area contributed by atoms with Crippen LogP contribution >= 0.6 is 22.6 Å². The molecule has 0 spiro atoms. The van der Waals surface area contributed by atoms with Crippen molar-refractivity contribution < 1.29 is 9.53 Å². The fourth-order valence-electron chi connectivity index (χ4n) is 0.683. The number of carbonyl (C=O) groups is 1. The van der Waals surface area contributed by atoms with Gasteiger partial charge in [0, 0.05) is 9.77 Å². The largest absolute Gasteiger partial charge is 0.494 e. The van der Waals surface area contributed by atoms with Crippen LogP contribution in [0.5, 0.6) is 5.75 Å². The molecule has 0 aromatic carbocycles. The van der Waals surface area contributed by atoms with Crippen molar-refractivity contribution in [2.24, 2.45) is 0 Å². The Kier molecular flexibility index (Phi) is 2.81. The van der Waals surface area contributed by atoms with Crippen molar-refractivity contribution in [2.75, 3.05) is 7.11 Å². The Labute approximate surface area is 77.9 Å². The van der Waals surface area contributed by atoms with Crippen LogP contribution in [0.3, 0.4) is 0 Å². The molecule has 0 radical (unpaired) electrons. The van der Waals surface area contributed by atoms with Gasteiger partial charge in [-0.05, 0) is 28.7 Å². The Balaban J connectivity index is 3.16. The van der Waals surface area contributed by atoms with Crippen molar-refractivity contribution >= 4 is 28.9 Å². The highest BCUT2D eigenvalue weighted by atomic mass is 127. The van der Waals surface area contributed by atoms with Crippen LogP contribution < -0.4 is 4.74 Å². The van der Waals surface area contributed by atoms with Gasteiger partial charge in [0.2, 0.25) is 0 Å². The molecule has 1 aromatic rings. The van der Waals surface area contributed by atoms with Gasteiger partial charge in [0.05, 0.1) is 7.11 Å². The lowest BCUT2D eigenvalue weighted by atomic mass is 10.3. The summed E-state index contributed by atoms with van der Waals surface area (Å²) in [4.78, 5) is 14.2. The van der Waals surface area contributed by atoms with Crippen molar-refractivity contribution in [2.45, 2.75) is 0 Å². The van der Waals surface area contributed by atoms with Gasteiger partial charge < -0.3 is 4.74 Å². The van der Waals surface area contributed by atoms with Crippen molar-refractivity contribution in [1.29, 1.82) is 0 Å². The van der Waals surface area contributed by atoms with E-state index in [0.717, 1.165) is 3.57 Å². The summed E-state index contributed by atoms with van der Waals surface area (Å²) in [5.41, 5.74) is 0.341. The topological polar surface area (TPSA) is 39.2 Å². The predicted molar refractivity (Wildman–Crippen MR) is 48.9 cm³/mol. The summed E-state index contributed by atoms with van der Waals surface area (Å²) < 4.78 is 5.87. The number of aromatic nitrogens is 1. The predicted octanol–water partition coefficient (Wildman–Crippen LogP) is 1.51. The zero-order valence-corrected chi connectivity index (χ0v) is 8.03. The first kappa shape index (κ1) is 8.45. The second-order valence-electron chi connectivity index (χ2n) is 1.86. The minimum absolute atomic E-state index is 0.341. The van der Waals surface area contributed by atoms with E-state index < -0.39 is 0 Å². The van der Waals surface area contributed by atoms with E-state index in [1.807, 2.05) is 0 Å². The van der Waals surface area contributed by atoms with Gasteiger partial charge in [-0.2, -0.15) is 0 Å². The van der Waals surface area contributed by atoms with Crippen LogP contribution in [-0.4, -0.2) is 18.4 Å². The van der Waals surface area contributed by atoms with Gasteiger partial charge >= 0.3 is 0 Å². The first-order valence-corrected chi connectivity index (χ1v) is 4.00. The summed E-state index contributed by atoms with van der Waals surface area (Å²) in [5, 5.41) is 0. The molecule has 0 aliphatic carbocycles. The molecule has 0 saturated heterocycles. The number of halogens is 1. The van der Waals surface area contributed by atoms with Gasteiger partial charge in [-0.25, -0.2) is 4.98 Å². The molecule has 0 saturated carbocycles. The Bertz CT molecular complexity index is 275. The molecule has 1 heterocycles. The molecule has 58 valence electrons. The summed E-state index contributed by atoms with van der Waals surface area (Å²) in [5.74, 6) is 0.520. The fraction of sp³-hybridized carbons (Fsp3) is 0.143. The molecular weight excluding hydrogens is 257 g/mol. The SMILES string of the molecule is COc1cc(I)cnc1C=O. The minimum Gasteiger partial charge on any atom is -0.494 e. The number of methoxy groups -OCH3 is 1. The van der Waals surface area contributed by atoms with Crippen molar-refractivity contribution in [1.82, 2.24) is 4.98 Å². The van der Waals surface area contributed by atoms with E-state index in [2.05, 4.69) is 27.6 Å². The fourth-order valence-corrected chi connectivity index (χ4v) is 1.11. The first-order valence-electron chi connectivity index (χ1n) is 2.92. The van der Waals surface area contributed by atoms with Crippen molar-refractivity contribution in [3.8, 4) is 5.75 Å². The Morgan fingerprint density at radius 1 is 1.73 bits per heavy atom. The highest BCUT2D eigenvalue weighted by Gasteiger charge is 2.02. The average molecular weight is 263 g/mol. The highest BCUT2D eigenvalue weighted by Crippen LogP contribution is 2.16. The van der Waals surface area contributed by atoms with E-state index >= 15 is 0 Å². The maximum absolute atomic E-state index is 10.4. The van der Waals surface area contributed by atoms with E-state index in [9.17, 15) is 4.79 Å². The molecule has 1 aromatic heterocycles. The molecule has 0 aliphatic rings. The third-order valence-electron chi connectivity index (χ3n) is 1.18. The number of pyridine rings is 1. The lowest BCUT2D eigenvalue weighted by molar-refractivity contribution is 0.111. The summed E-state index contributed by atoms with van der Waals surface area (Å²) in [6.45, 7) is 0. The van der Waals surface area contributed by atoms with Gasteiger partial charge in [0.15, 0.2) is 6.29 Å². The zero-order valence-electron chi connectivity index (χ0n) is 5.87. The normalized spacial score (nSPS) is 9.27. The van der Waals surface area contributed by atoms with Gasteiger partial charge in [0.25, 0.3) is 0 Å². The second kappa shape index (κ2) is 3.66. The third kappa shape index (κ3) is 1.89. The Hall–Kier alpha value is -0.650. The van der Waals surface area contributed by atoms with Crippen LogP contribution in [0.1, 0.15) is 10.5 Å². The second-order valence-corrected chi connectivity index (χ2v) is 3.10. The smallest absolute Gasteiger partial charge is 0.172 e. The summed E-state index contributed by atoms with van der Waals surface area (Å²) in [6.07, 6.45) is 2.29. The highest BCUT2D eigenvalue weighted by molar-refractivity contribution is 14.1. The number of carbonyl (C=O) groups excluding carboxylic acids is 1. The molecule has 0 unspecified atom stereocenters. The molecule has 4 heteroatoms. The average Bonchev–Trinajstić information content (AvgIpc) is 2.04. The Morgan fingerprint density at radius 3 is 3.00 bits per heavy atom. The zero-order chi connectivity index (χ0) is 8.27. The summed E-state index contributed by atoms with van der Waals surface area (Å²) in [7, 11) is 1.51. The van der Waals surface area contributed by atoms with Crippen molar-refractivity contribution in [3.05, 3.63) is 21.5 Å². The number of hydrogen-bond donors (Lipinski definition) is 0. The molecule has 1 rings (SSSR count). The minimum atomic E-state index is 0.341. The molecule has 0 N–H and O–H groups in total. The van der Waals surface area contributed by atoms with Gasteiger partial charge in [-0.15, -0.1) is 0 Å². The van der Waals surface area contributed by atoms with E-state index in [4.69, 9.17) is 4.74 Å². The Morgan fingerprint density at radius 2 is 2.45 bits per heavy atom. The van der Waals surface area contributed by atoms with Crippen LogP contribution in [0.4, 0.5) is 0 Å². The molecule has 3 nitrogen and oxygen atoms in total. The molecule has 0 amide bonds. The lowest BCUT2D eigenvalue weighted by Gasteiger charge is -2.01. The van der Waals surface area contributed by atoms with E-state index in [1.54, 1.807) is 12.3 Å².